The van der Waals surface area contributed by atoms with Gasteiger partial charge in [-0.15, -0.1) is 0 Å². The van der Waals surface area contributed by atoms with E-state index >= 15 is 0 Å². The van der Waals surface area contributed by atoms with Gasteiger partial charge in [-0.25, -0.2) is 4.79 Å². The Labute approximate surface area is 95.0 Å². The summed E-state index contributed by atoms with van der Waals surface area (Å²) in [6, 6.07) is 7.36. The minimum Gasteiger partial charge on any atom is -0.465 e. The molecule has 0 heterocycles. The van der Waals surface area contributed by atoms with Gasteiger partial charge >= 0.3 is 5.97 Å². The highest BCUT2D eigenvalue weighted by Gasteiger charge is 2.37. The molecule has 3 nitrogen and oxygen atoms in total. The smallest absolute Gasteiger partial charge is 0.337 e. The Hall–Kier alpha value is -1.35. The van der Waals surface area contributed by atoms with Crippen LogP contribution in [0, 0.1) is 0 Å². The van der Waals surface area contributed by atoms with Crippen LogP contribution >= 0.6 is 0 Å². The van der Waals surface area contributed by atoms with Crippen LogP contribution in [0.5, 0.6) is 0 Å². The molecule has 0 amide bonds. The van der Waals surface area contributed by atoms with Gasteiger partial charge in [0.1, 0.15) is 0 Å². The van der Waals surface area contributed by atoms with Gasteiger partial charge in [0.15, 0.2) is 0 Å². The van der Waals surface area contributed by atoms with Crippen molar-refractivity contribution < 1.29 is 14.6 Å². The zero-order valence-electron chi connectivity index (χ0n) is 9.40. The van der Waals surface area contributed by atoms with E-state index in [4.69, 9.17) is 0 Å². The summed E-state index contributed by atoms with van der Waals surface area (Å²) in [6.45, 7) is 0.185. The van der Waals surface area contributed by atoms with Gasteiger partial charge in [0.25, 0.3) is 0 Å². The molecule has 1 aliphatic carbocycles. The lowest BCUT2D eigenvalue weighted by atomic mass is 9.65. The van der Waals surface area contributed by atoms with Crippen LogP contribution in [0.25, 0.3) is 0 Å². The molecule has 0 unspecified atom stereocenters. The highest BCUT2D eigenvalue weighted by molar-refractivity contribution is 5.89. The van der Waals surface area contributed by atoms with Gasteiger partial charge in [-0.2, -0.15) is 0 Å². The van der Waals surface area contributed by atoms with E-state index in [2.05, 4.69) is 4.74 Å². The summed E-state index contributed by atoms with van der Waals surface area (Å²) in [4.78, 5) is 11.3. The average Bonchev–Trinajstić information content (AvgIpc) is 2.28. The Balaban J connectivity index is 2.22. The SMILES string of the molecule is COC(=O)c1ccc(C2(CO)CCC2)cc1. The van der Waals surface area contributed by atoms with Crippen LogP contribution in [-0.2, 0) is 10.2 Å². The number of hydrogen-bond donors (Lipinski definition) is 1. The molecule has 3 heteroatoms. The lowest BCUT2D eigenvalue weighted by molar-refractivity contribution is 0.0600. The van der Waals surface area contributed by atoms with Crippen molar-refractivity contribution in [2.45, 2.75) is 24.7 Å². The maximum atomic E-state index is 11.3. The number of carbonyl (C=O) groups excluding carboxylic acids is 1. The quantitative estimate of drug-likeness (QED) is 0.791. The van der Waals surface area contributed by atoms with E-state index in [1.807, 2.05) is 12.1 Å². The molecule has 0 aliphatic heterocycles. The second kappa shape index (κ2) is 4.26. The van der Waals surface area contributed by atoms with Crippen molar-refractivity contribution in [1.29, 1.82) is 0 Å². The van der Waals surface area contributed by atoms with Gasteiger partial charge in [-0.05, 0) is 30.5 Å². The molecule has 16 heavy (non-hydrogen) atoms. The van der Waals surface area contributed by atoms with Crippen molar-refractivity contribution in [2.24, 2.45) is 0 Å². The molecule has 1 aromatic carbocycles. The summed E-state index contributed by atoms with van der Waals surface area (Å²) in [7, 11) is 1.37. The molecule has 0 atom stereocenters. The van der Waals surface area contributed by atoms with Crippen LogP contribution in [-0.4, -0.2) is 24.8 Å². The highest BCUT2D eigenvalue weighted by atomic mass is 16.5. The molecule has 1 fully saturated rings. The Bertz CT molecular complexity index is 371. The molecule has 0 spiro atoms. The molecule has 0 radical (unpaired) electrons. The number of ether oxygens (including phenoxy) is 1. The predicted molar refractivity (Wildman–Crippen MR) is 60.4 cm³/mol. The second-order valence-electron chi connectivity index (χ2n) is 4.36. The summed E-state index contributed by atoms with van der Waals surface area (Å²) in [5, 5.41) is 9.42. The first-order valence-corrected chi connectivity index (χ1v) is 5.51. The van der Waals surface area contributed by atoms with Crippen molar-refractivity contribution in [3.63, 3.8) is 0 Å². The number of rotatable bonds is 3. The summed E-state index contributed by atoms with van der Waals surface area (Å²) < 4.78 is 4.64. The number of carbonyl (C=O) groups is 1. The number of methoxy groups -OCH3 is 1. The molecule has 0 saturated heterocycles. The number of hydrogen-bond acceptors (Lipinski definition) is 3. The van der Waals surface area contributed by atoms with Crippen molar-refractivity contribution in [2.75, 3.05) is 13.7 Å². The maximum Gasteiger partial charge on any atom is 0.337 e. The average molecular weight is 220 g/mol. The van der Waals surface area contributed by atoms with Crippen LogP contribution in [0.1, 0.15) is 35.2 Å². The Kier molecular flexibility index (Phi) is 2.97. The molecule has 0 aromatic heterocycles. The van der Waals surface area contributed by atoms with Crippen LogP contribution in [0.3, 0.4) is 0 Å². The van der Waals surface area contributed by atoms with Gasteiger partial charge < -0.3 is 9.84 Å². The highest BCUT2D eigenvalue weighted by Crippen LogP contribution is 2.43. The number of esters is 1. The lowest BCUT2D eigenvalue weighted by Crippen LogP contribution is -2.37. The van der Waals surface area contributed by atoms with Crippen LogP contribution < -0.4 is 0 Å². The third-order valence-corrected chi connectivity index (χ3v) is 3.53. The standard InChI is InChI=1S/C13H16O3/c1-16-12(15)10-3-5-11(6-4-10)13(9-14)7-2-8-13/h3-6,14H,2,7-9H2,1H3. The first-order valence-electron chi connectivity index (χ1n) is 5.51. The number of benzene rings is 1. The molecular formula is C13H16O3. The third kappa shape index (κ3) is 1.71. The number of aliphatic hydroxyl groups excluding tert-OH is 1. The van der Waals surface area contributed by atoms with Gasteiger partial charge in [-0.1, -0.05) is 18.6 Å². The maximum absolute atomic E-state index is 11.3. The minimum absolute atomic E-state index is 0.0609. The van der Waals surface area contributed by atoms with Crippen molar-refractivity contribution in [3.05, 3.63) is 35.4 Å². The van der Waals surface area contributed by atoms with Crippen LogP contribution in [0.2, 0.25) is 0 Å². The molecule has 1 aliphatic rings. The van der Waals surface area contributed by atoms with Gasteiger partial charge in [0, 0.05) is 5.41 Å². The zero-order chi connectivity index (χ0) is 11.6. The molecule has 2 rings (SSSR count). The summed E-state index contributed by atoms with van der Waals surface area (Å²) in [5.74, 6) is -0.321. The monoisotopic (exact) mass is 220 g/mol. The minimum atomic E-state index is -0.321. The fourth-order valence-electron chi connectivity index (χ4n) is 2.22. The lowest BCUT2D eigenvalue weighted by Gasteiger charge is -2.40. The third-order valence-electron chi connectivity index (χ3n) is 3.53. The number of aliphatic hydroxyl groups is 1. The molecule has 0 bridgehead atoms. The van der Waals surface area contributed by atoms with Crippen molar-refractivity contribution in [1.82, 2.24) is 0 Å². The fourth-order valence-corrected chi connectivity index (χ4v) is 2.22. The first-order chi connectivity index (χ1) is 7.72. The van der Waals surface area contributed by atoms with E-state index in [-0.39, 0.29) is 18.0 Å². The fraction of sp³-hybridized carbons (Fsp3) is 0.462. The van der Waals surface area contributed by atoms with Crippen molar-refractivity contribution >= 4 is 5.97 Å². The van der Waals surface area contributed by atoms with E-state index in [0.717, 1.165) is 18.4 Å². The molecule has 1 N–H and O–H groups in total. The van der Waals surface area contributed by atoms with E-state index in [1.165, 1.54) is 13.5 Å². The summed E-state index contributed by atoms with van der Waals surface area (Å²) >= 11 is 0. The normalized spacial score (nSPS) is 17.6. The second-order valence-corrected chi connectivity index (χ2v) is 4.36. The molecule has 1 aromatic rings. The Morgan fingerprint density at radius 2 is 2.00 bits per heavy atom. The van der Waals surface area contributed by atoms with Gasteiger partial charge in [0.05, 0.1) is 19.3 Å². The van der Waals surface area contributed by atoms with Crippen LogP contribution in [0.4, 0.5) is 0 Å². The van der Waals surface area contributed by atoms with Crippen molar-refractivity contribution in [3.8, 4) is 0 Å². The predicted octanol–water partition coefficient (Wildman–Crippen LogP) is 1.89. The molecule has 1 saturated carbocycles. The van der Waals surface area contributed by atoms with E-state index < -0.39 is 0 Å². The summed E-state index contributed by atoms with van der Waals surface area (Å²) in [5.41, 5.74) is 1.61. The topological polar surface area (TPSA) is 46.5 Å². The van der Waals surface area contributed by atoms with E-state index in [0.29, 0.717) is 5.56 Å². The molecule has 86 valence electrons. The van der Waals surface area contributed by atoms with Gasteiger partial charge in [-0.3, -0.25) is 0 Å². The summed E-state index contributed by atoms with van der Waals surface area (Å²) in [6.07, 6.45) is 3.22. The first kappa shape index (κ1) is 11.1. The van der Waals surface area contributed by atoms with E-state index in [9.17, 15) is 9.90 Å². The molecular weight excluding hydrogens is 204 g/mol. The van der Waals surface area contributed by atoms with Gasteiger partial charge in [0.2, 0.25) is 0 Å². The Morgan fingerprint density at radius 1 is 1.38 bits per heavy atom. The largest absolute Gasteiger partial charge is 0.465 e. The van der Waals surface area contributed by atoms with E-state index in [1.54, 1.807) is 12.1 Å². The Morgan fingerprint density at radius 3 is 2.38 bits per heavy atom. The zero-order valence-corrected chi connectivity index (χ0v) is 9.40. The van der Waals surface area contributed by atoms with Crippen LogP contribution in [0.15, 0.2) is 24.3 Å².